The highest BCUT2D eigenvalue weighted by atomic mass is 16.5. The number of amides is 1. The number of aryl methyl sites for hydroxylation is 2. The SMILES string of the molecule is COc1ccccc1[C@H]1CCCN1C(=O)C1CCN(c2nc(C)c3cc(C)ccc3n2)CC1. The van der Waals surface area contributed by atoms with Crippen molar-refractivity contribution in [2.24, 2.45) is 5.92 Å². The van der Waals surface area contributed by atoms with Gasteiger partial charge in [-0.2, -0.15) is 0 Å². The summed E-state index contributed by atoms with van der Waals surface area (Å²) in [4.78, 5) is 27.5. The van der Waals surface area contributed by atoms with Gasteiger partial charge in [-0.1, -0.05) is 29.8 Å². The Labute approximate surface area is 195 Å². The maximum atomic E-state index is 13.5. The van der Waals surface area contributed by atoms with Gasteiger partial charge in [0, 0.05) is 36.5 Å². The number of fused-ring (bicyclic) bond motifs is 1. The zero-order valence-corrected chi connectivity index (χ0v) is 19.8. The largest absolute Gasteiger partial charge is 0.496 e. The number of hydrogen-bond donors (Lipinski definition) is 0. The lowest BCUT2D eigenvalue weighted by Gasteiger charge is -2.35. The quantitative estimate of drug-likeness (QED) is 0.577. The number of hydrogen-bond acceptors (Lipinski definition) is 5. The highest BCUT2D eigenvalue weighted by Gasteiger charge is 2.36. The highest BCUT2D eigenvalue weighted by molar-refractivity contribution is 5.83. The number of rotatable bonds is 4. The maximum Gasteiger partial charge on any atom is 0.226 e. The zero-order chi connectivity index (χ0) is 22.9. The monoisotopic (exact) mass is 444 g/mol. The van der Waals surface area contributed by atoms with Gasteiger partial charge in [0.15, 0.2) is 0 Å². The molecule has 2 aliphatic rings. The Morgan fingerprint density at radius 2 is 1.79 bits per heavy atom. The minimum atomic E-state index is 0.0563. The van der Waals surface area contributed by atoms with Gasteiger partial charge in [0.05, 0.1) is 24.4 Å². The average Bonchev–Trinajstić information content (AvgIpc) is 3.34. The number of anilines is 1. The Morgan fingerprint density at radius 1 is 1.00 bits per heavy atom. The smallest absolute Gasteiger partial charge is 0.226 e. The maximum absolute atomic E-state index is 13.5. The lowest BCUT2D eigenvalue weighted by atomic mass is 9.94. The van der Waals surface area contributed by atoms with Crippen LogP contribution in [0.4, 0.5) is 5.95 Å². The molecule has 172 valence electrons. The molecule has 5 rings (SSSR count). The fourth-order valence-electron chi connectivity index (χ4n) is 5.38. The summed E-state index contributed by atoms with van der Waals surface area (Å²) in [5.74, 6) is 1.99. The molecule has 3 heterocycles. The van der Waals surface area contributed by atoms with Crippen LogP contribution >= 0.6 is 0 Å². The van der Waals surface area contributed by atoms with Gasteiger partial charge < -0.3 is 14.5 Å². The summed E-state index contributed by atoms with van der Waals surface area (Å²) in [6.07, 6.45) is 3.70. The minimum absolute atomic E-state index is 0.0563. The molecule has 3 aromatic rings. The molecular formula is C27H32N4O2. The van der Waals surface area contributed by atoms with Gasteiger partial charge in [-0.05, 0) is 57.7 Å². The Bertz CT molecular complexity index is 1170. The van der Waals surface area contributed by atoms with Crippen LogP contribution < -0.4 is 9.64 Å². The van der Waals surface area contributed by atoms with Gasteiger partial charge in [-0.15, -0.1) is 0 Å². The molecule has 0 saturated carbocycles. The van der Waals surface area contributed by atoms with Crippen LogP contribution in [-0.2, 0) is 4.79 Å². The minimum Gasteiger partial charge on any atom is -0.496 e. The van der Waals surface area contributed by atoms with E-state index in [9.17, 15) is 4.79 Å². The fourth-order valence-corrected chi connectivity index (χ4v) is 5.38. The number of piperidine rings is 1. The molecule has 0 radical (unpaired) electrons. The number of aromatic nitrogens is 2. The summed E-state index contributed by atoms with van der Waals surface area (Å²) in [5, 5.41) is 1.11. The number of ether oxygens (including phenoxy) is 1. The molecule has 2 saturated heterocycles. The Morgan fingerprint density at radius 3 is 2.58 bits per heavy atom. The third-order valence-corrected chi connectivity index (χ3v) is 7.19. The van der Waals surface area contributed by atoms with Crippen molar-refractivity contribution < 1.29 is 9.53 Å². The number of likely N-dealkylation sites (tertiary alicyclic amines) is 1. The molecule has 1 atom stereocenters. The van der Waals surface area contributed by atoms with Gasteiger partial charge >= 0.3 is 0 Å². The molecule has 2 aromatic carbocycles. The van der Waals surface area contributed by atoms with Gasteiger partial charge in [0.2, 0.25) is 11.9 Å². The molecule has 0 spiro atoms. The number of carbonyl (C=O) groups is 1. The predicted octanol–water partition coefficient (Wildman–Crippen LogP) is 4.84. The van der Waals surface area contributed by atoms with Crippen molar-refractivity contribution in [3.05, 3.63) is 59.3 Å². The highest BCUT2D eigenvalue weighted by Crippen LogP contribution is 2.38. The molecule has 0 N–H and O–H groups in total. The van der Waals surface area contributed by atoms with E-state index in [1.165, 1.54) is 5.56 Å². The molecule has 6 heteroatoms. The summed E-state index contributed by atoms with van der Waals surface area (Å²) in [6.45, 7) is 6.58. The number of benzene rings is 2. The number of nitrogens with zero attached hydrogens (tertiary/aromatic N) is 4. The summed E-state index contributed by atoms with van der Waals surface area (Å²) >= 11 is 0. The third-order valence-electron chi connectivity index (χ3n) is 7.19. The Hall–Kier alpha value is -3.15. The van der Waals surface area contributed by atoms with E-state index in [1.807, 2.05) is 18.2 Å². The molecule has 6 nitrogen and oxygen atoms in total. The number of methoxy groups -OCH3 is 1. The first-order valence-electron chi connectivity index (χ1n) is 12.0. The molecule has 1 amide bonds. The van der Waals surface area contributed by atoms with E-state index in [-0.39, 0.29) is 17.9 Å². The second kappa shape index (κ2) is 9.00. The molecule has 0 unspecified atom stereocenters. The second-order valence-electron chi connectivity index (χ2n) is 9.32. The summed E-state index contributed by atoms with van der Waals surface area (Å²) in [7, 11) is 1.70. The first kappa shape index (κ1) is 21.7. The lowest BCUT2D eigenvalue weighted by molar-refractivity contribution is -0.137. The van der Waals surface area contributed by atoms with E-state index in [4.69, 9.17) is 14.7 Å². The van der Waals surface area contributed by atoms with E-state index in [0.29, 0.717) is 0 Å². The lowest BCUT2D eigenvalue weighted by Crippen LogP contribution is -2.43. The van der Waals surface area contributed by atoms with E-state index < -0.39 is 0 Å². The van der Waals surface area contributed by atoms with E-state index in [0.717, 1.165) is 79.2 Å². The Kier molecular flexibility index (Phi) is 5.92. The molecule has 2 fully saturated rings. The van der Waals surface area contributed by atoms with Crippen molar-refractivity contribution in [1.82, 2.24) is 14.9 Å². The molecular weight excluding hydrogens is 412 g/mol. The average molecular weight is 445 g/mol. The van der Waals surface area contributed by atoms with Gasteiger partial charge in [0.25, 0.3) is 0 Å². The number of para-hydroxylation sites is 1. The first-order chi connectivity index (χ1) is 16.0. The topological polar surface area (TPSA) is 58.6 Å². The molecule has 0 aliphatic carbocycles. The molecule has 0 bridgehead atoms. The van der Waals surface area contributed by atoms with Crippen molar-refractivity contribution in [3.63, 3.8) is 0 Å². The van der Waals surface area contributed by atoms with Gasteiger partial charge in [-0.3, -0.25) is 4.79 Å². The summed E-state index contributed by atoms with van der Waals surface area (Å²) in [6, 6.07) is 14.5. The zero-order valence-electron chi connectivity index (χ0n) is 19.8. The van der Waals surface area contributed by atoms with Crippen molar-refractivity contribution in [2.75, 3.05) is 31.6 Å². The van der Waals surface area contributed by atoms with E-state index in [1.54, 1.807) is 7.11 Å². The van der Waals surface area contributed by atoms with Crippen molar-refractivity contribution >= 4 is 22.8 Å². The van der Waals surface area contributed by atoms with E-state index >= 15 is 0 Å². The van der Waals surface area contributed by atoms with Crippen molar-refractivity contribution in [2.45, 2.75) is 45.6 Å². The van der Waals surface area contributed by atoms with Crippen LogP contribution in [0.2, 0.25) is 0 Å². The second-order valence-corrected chi connectivity index (χ2v) is 9.32. The van der Waals surface area contributed by atoms with Crippen LogP contribution in [0, 0.1) is 19.8 Å². The van der Waals surface area contributed by atoms with Crippen molar-refractivity contribution in [3.8, 4) is 5.75 Å². The van der Waals surface area contributed by atoms with Gasteiger partial charge in [0.1, 0.15) is 5.75 Å². The van der Waals surface area contributed by atoms with E-state index in [2.05, 4.69) is 47.9 Å². The molecule has 33 heavy (non-hydrogen) atoms. The van der Waals surface area contributed by atoms with Gasteiger partial charge in [-0.25, -0.2) is 9.97 Å². The van der Waals surface area contributed by atoms with Crippen LogP contribution in [0.25, 0.3) is 10.9 Å². The third kappa shape index (κ3) is 4.14. The van der Waals surface area contributed by atoms with Crippen LogP contribution in [0.15, 0.2) is 42.5 Å². The fraction of sp³-hybridized carbons (Fsp3) is 0.444. The predicted molar refractivity (Wildman–Crippen MR) is 131 cm³/mol. The summed E-state index contributed by atoms with van der Waals surface area (Å²) < 4.78 is 5.58. The molecule has 1 aromatic heterocycles. The number of carbonyl (C=O) groups excluding carboxylic acids is 1. The Balaban J connectivity index is 1.28. The van der Waals surface area contributed by atoms with Crippen LogP contribution in [0.1, 0.15) is 48.5 Å². The molecule has 2 aliphatic heterocycles. The van der Waals surface area contributed by atoms with Crippen LogP contribution in [0.3, 0.4) is 0 Å². The van der Waals surface area contributed by atoms with Crippen molar-refractivity contribution in [1.29, 1.82) is 0 Å². The van der Waals surface area contributed by atoms with Crippen LogP contribution in [0.5, 0.6) is 5.75 Å². The van der Waals surface area contributed by atoms with Crippen LogP contribution in [-0.4, -0.2) is 47.5 Å². The normalized spacial score (nSPS) is 19.3. The summed E-state index contributed by atoms with van der Waals surface area (Å²) in [5.41, 5.74) is 4.33. The first-order valence-corrected chi connectivity index (χ1v) is 12.0. The standard InChI is InChI=1S/C27H32N4O2/c1-18-10-11-23-22(17-18)19(2)28-27(29-23)30-15-12-20(13-16-30)26(32)31-14-6-8-24(31)21-7-4-5-9-25(21)33-3/h4-5,7,9-11,17,20,24H,6,8,12-16H2,1-3H3/t24-/m1/s1.